The van der Waals surface area contributed by atoms with Crippen LogP contribution in [0.2, 0.25) is 0 Å². The molecule has 0 amide bonds. The van der Waals surface area contributed by atoms with Crippen molar-refractivity contribution in [3.05, 3.63) is 0 Å². The molecule has 0 spiro atoms. The molecule has 0 aliphatic rings. The van der Waals surface area contributed by atoms with E-state index in [-0.39, 0.29) is 12.3 Å². The Kier molecular flexibility index (Phi) is 4.03. The standard InChI is InChI=1S/C7H14FNO2/c1-4(2)5(8)3-6(9)7(10)11/h4-6H,3,9H2,1-2H3,(H,10,11)/t5-,6+/m1/s1. The molecule has 0 saturated heterocycles. The van der Waals surface area contributed by atoms with Gasteiger partial charge in [-0.15, -0.1) is 0 Å². The maximum atomic E-state index is 12.8. The lowest BCUT2D eigenvalue weighted by Crippen LogP contribution is -2.34. The summed E-state index contributed by atoms with van der Waals surface area (Å²) in [6.45, 7) is 3.39. The van der Waals surface area contributed by atoms with Crippen LogP contribution in [0.15, 0.2) is 0 Å². The molecule has 0 rings (SSSR count). The molecule has 2 atom stereocenters. The Morgan fingerprint density at radius 1 is 1.64 bits per heavy atom. The minimum absolute atomic E-state index is 0.104. The summed E-state index contributed by atoms with van der Waals surface area (Å²) in [6.07, 6.45) is -1.23. The first-order valence-electron chi connectivity index (χ1n) is 3.57. The first kappa shape index (κ1) is 10.4. The zero-order chi connectivity index (χ0) is 9.02. The average molecular weight is 163 g/mol. The number of rotatable bonds is 4. The Balaban J connectivity index is 3.75. The molecule has 0 unspecified atom stereocenters. The van der Waals surface area contributed by atoms with Crippen LogP contribution in [0.4, 0.5) is 4.39 Å². The van der Waals surface area contributed by atoms with Gasteiger partial charge >= 0.3 is 5.97 Å². The highest BCUT2D eigenvalue weighted by Gasteiger charge is 2.20. The van der Waals surface area contributed by atoms with Crippen LogP contribution in [0, 0.1) is 5.92 Å². The fraction of sp³-hybridized carbons (Fsp3) is 0.857. The van der Waals surface area contributed by atoms with Crippen molar-refractivity contribution in [2.24, 2.45) is 11.7 Å². The van der Waals surface area contributed by atoms with Gasteiger partial charge in [0.05, 0.1) is 0 Å². The van der Waals surface area contributed by atoms with Crippen molar-refractivity contribution in [2.75, 3.05) is 0 Å². The number of hydrogen-bond donors (Lipinski definition) is 2. The van der Waals surface area contributed by atoms with Gasteiger partial charge in [-0.05, 0) is 5.92 Å². The molecule has 0 aromatic heterocycles. The first-order valence-corrected chi connectivity index (χ1v) is 3.57. The predicted molar refractivity (Wildman–Crippen MR) is 40.0 cm³/mol. The van der Waals surface area contributed by atoms with Crippen LogP contribution in [-0.4, -0.2) is 23.3 Å². The lowest BCUT2D eigenvalue weighted by Gasteiger charge is -2.13. The highest BCUT2D eigenvalue weighted by Crippen LogP contribution is 2.11. The summed E-state index contributed by atoms with van der Waals surface area (Å²) in [5.41, 5.74) is 5.12. The number of carboxylic acid groups (broad SMARTS) is 1. The van der Waals surface area contributed by atoms with Gasteiger partial charge in [-0.3, -0.25) is 4.79 Å². The zero-order valence-electron chi connectivity index (χ0n) is 6.75. The molecule has 0 aromatic rings. The molecule has 0 bridgehead atoms. The van der Waals surface area contributed by atoms with Gasteiger partial charge in [0.15, 0.2) is 0 Å². The molecule has 11 heavy (non-hydrogen) atoms. The number of carbonyl (C=O) groups is 1. The van der Waals surface area contributed by atoms with Crippen LogP contribution in [0.3, 0.4) is 0 Å². The van der Waals surface area contributed by atoms with E-state index in [1.807, 2.05) is 0 Å². The van der Waals surface area contributed by atoms with Gasteiger partial charge in [0.25, 0.3) is 0 Å². The van der Waals surface area contributed by atoms with Gasteiger partial charge in [0.2, 0.25) is 0 Å². The fourth-order valence-electron chi connectivity index (χ4n) is 0.616. The topological polar surface area (TPSA) is 63.3 Å². The van der Waals surface area contributed by atoms with Crippen molar-refractivity contribution in [3.8, 4) is 0 Å². The first-order chi connectivity index (χ1) is 4.95. The van der Waals surface area contributed by atoms with Gasteiger partial charge in [-0.25, -0.2) is 4.39 Å². The van der Waals surface area contributed by atoms with Gasteiger partial charge in [-0.2, -0.15) is 0 Å². The third-order valence-corrected chi connectivity index (χ3v) is 1.52. The Labute approximate surface area is 65.4 Å². The Hall–Kier alpha value is -0.640. The molecule has 4 heteroatoms. The van der Waals surface area contributed by atoms with Crippen LogP contribution < -0.4 is 5.73 Å². The molecule has 0 heterocycles. The zero-order valence-corrected chi connectivity index (χ0v) is 6.75. The Morgan fingerprint density at radius 2 is 2.09 bits per heavy atom. The van der Waals surface area contributed by atoms with E-state index in [0.717, 1.165) is 0 Å². The largest absolute Gasteiger partial charge is 0.480 e. The third-order valence-electron chi connectivity index (χ3n) is 1.52. The summed E-state index contributed by atoms with van der Waals surface area (Å²) in [6, 6.07) is -1.08. The molecule has 66 valence electrons. The molecule has 0 aliphatic heterocycles. The van der Waals surface area contributed by atoms with Crippen LogP contribution in [-0.2, 0) is 4.79 Å². The lowest BCUT2D eigenvalue weighted by molar-refractivity contribution is -0.139. The van der Waals surface area contributed by atoms with E-state index in [2.05, 4.69) is 0 Å². The van der Waals surface area contributed by atoms with E-state index < -0.39 is 18.2 Å². The number of aliphatic carboxylic acids is 1. The molecule has 0 saturated carbocycles. The summed E-state index contributed by atoms with van der Waals surface area (Å²) in [5, 5.41) is 8.32. The van der Waals surface area contributed by atoms with Gasteiger partial charge in [0.1, 0.15) is 12.2 Å². The molecule has 0 fully saturated rings. The molecule has 0 radical (unpaired) electrons. The summed E-state index contributed by atoms with van der Waals surface area (Å²) in [4.78, 5) is 10.2. The second kappa shape index (κ2) is 4.28. The number of hydrogen-bond acceptors (Lipinski definition) is 2. The van der Waals surface area contributed by atoms with Crippen molar-refractivity contribution in [3.63, 3.8) is 0 Å². The summed E-state index contributed by atoms with van der Waals surface area (Å²) in [5.74, 6) is -1.31. The van der Waals surface area contributed by atoms with Gasteiger partial charge < -0.3 is 10.8 Å². The Bertz CT molecular complexity index is 138. The van der Waals surface area contributed by atoms with E-state index in [4.69, 9.17) is 10.8 Å². The second-order valence-electron chi connectivity index (χ2n) is 2.94. The third kappa shape index (κ3) is 3.93. The van der Waals surface area contributed by atoms with Crippen molar-refractivity contribution >= 4 is 5.97 Å². The molecular weight excluding hydrogens is 149 g/mol. The van der Waals surface area contributed by atoms with Crippen molar-refractivity contribution in [2.45, 2.75) is 32.5 Å². The minimum atomic E-state index is -1.15. The Morgan fingerprint density at radius 3 is 2.36 bits per heavy atom. The summed E-state index contributed by atoms with van der Waals surface area (Å²) < 4.78 is 12.8. The molecule has 0 aromatic carbocycles. The van der Waals surface area contributed by atoms with E-state index in [1.54, 1.807) is 13.8 Å². The SMILES string of the molecule is CC(C)[C@H](F)C[C@H](N)C(=O)O. The molecule has 0 aliphatic carbocycles. The summed E-state index contributed by atoms with van der Waals surface area (Å²) >= 11 is 0. The van der Waals surface area contributed by atoms with Crippen molar-refractivity contribution in [1.29, 1.82) is 0 Å². The van der Waals surface area contributed by atoms with E-state index >= 15 is 0 Å². The van der Waals surface area contributed by atoms with E-state index in [1.165, 1.54) is 0 Å². The number of nitrogens with two attached hydrogens (primary N) is 1. The molecular formula is C7H14FNO2. The van der Waals surface area contributed by atoms with Crippen LogP contribution in [0.25, 0.3) is 0 Å². The van der Waals surface area contributed by atoms with Crippen molar-refractivity contribution in [1.82, 2.24) is 0 Å². The highest BCUT2D eigenvalue weighted by molar-refractivity contribution is 5.73. The van der Waals surface area contributed by atoms with Crippen LogP contribution in [0.5, 0.6) is 0 Å². The monoisotopic (exact) mass is 163 g/mol. The highest BCUT2D eigenvalue weighted by atomic mass is 19.1. The quantitative estimate of drug-likeness (QED) is 0.643. The maximum absolute atomic E-state index is 12.8. The molecule has 3 nitrogen and oxygen atoms in total. The predicted octanol–water partition coefficient (Wildman–Crippen LogP) is 0.782. The minimum Gasteiger partial charge on any atom is -0.480 e. The second-order valence-corrected chi connectivity index (χ2v) is 2.94. The fourth-order valence-corrected chi connectivity index (χ4v) is 0.616. The number of halogens is 1. The number of alkyl halides is 1. The average Bonchev–Trinajstić information content (AvgIpc) is 1.87. The smallest absolute Gasteiger partial charge is 0.320 e. The lowest BCUT2D eigenvalue weighted by atomic mass is 10.0. The summed E-state index contributed by atoms with van der Waals surface area (Å²) in [7, 11) is 0. The molecule has 3 N–H and O–H groups in total. The van der Waals surface area contributed by atoms with E-state index in [9.17, 15) is 9.18 Å². The van der Waals surface area contributed by atoms with E-state index in [0.29, 0.717) is 0 Å². The normalized spacial score (nSPS) is 16.5. The van der Waals surface area contributed by atoms with Crippen molar-refractivity contribution < 1.29 is 14.3 Å². The maximum Gasteiger partial charge on any atom is 0.320 e. The van der Waals surface area contributed by atoms with Crippen LogP contribution >= 0.6 is 0 Å². The van der Waals surface area contributed by atoms with Gasteiger partial charge in [-0.1, -0.05) is 13.8 Å². The number of carboxylic acids is 1. The van der Waals surface area contributed by atoms with Crippen LogP contribution in [0.1, 0.15) is 20.3 Å². The van der Waals surface area contributed by atoms with Gasteiger partial charge in [0, 0.05) is 6.42 Å².